The van der Waals surface area contributed by atoms with Gasteiger partial charge in [0.05, 0.1) is 18.4 Å². The van der Waals surface area contributed by atoms with E-state index in [4.69, 9.17) is 9.47 Å². The Morgan fingerprint density at radius 2 is 2.00 bits per heavy atom. The van der Waals surface area contributed by atoms with Gasteiger partial charge < -0.3 is 9.47 Å². The molecule has 0 saturated carbocycles. The molecular formula is C16H16FNO3. The number of carbonyl (C=O) groups is 1. The fourth-order valence-corrected chi connectivity index (χ4v) is 1.92. The fourth-order valence-electron chi connectivity index (χ4n) is 1.92. The number of aromatic nitrogens is 1. The number of halogens is 1. The smallest absolute Gasteiger partial charge is 0.162 e. The van der Waals surface area contributed by atoms with Crippen LogP contribution >= 0.6 is 0 Å². The van der Waals surface area contributed by atoms with Crippen LogP contribution in [0, 0.1) is 12.7 Å². The molecule has 0 bridgehead atoms. The lowest BCUT2D eigenvalue weighted by Crippen LogP contribution is -2.02. The summed E-state index contributed by atoms with van der Waals surface area (Å²) in [6.45, 7) is 3.37. The molecule has 0 aliphatic carbocycles. The fraction of sp³-hybridized carbons (Fsp3) is 0.250. The minimum atomic E-state index is -0.588. The van der Waals surface area contributed by atoms with Gasteiger partial charge in [0, 0.05) is 23.9 Å². The number of aryl methyl sites for hydroxylation is 1. The van der Waals surface area contributed by atoms with E-state index >= 15 is 0 Å². The number of rotatable bonds is 5. The average Bonchev–Trinajstić information content (AvgIpc) is 2.44. The molecule has 2 rings (SSSR count). The summed E-state index contributed by atoms with van der Waals surface area (Å²) in [6.07, 6.45) is 0. The van der Waals surface area contributed by atoms with Crippen LogP contribution in [-0.2, 0) is 6.61 Å². The molecule has 1 aromatic carbocycles. The van der Waals surface area contributed by atoms with Gasteiger partial charge in [0.25, 0.3) is 0 Å². The SMILES string of the molecule is COc1cc(C)nc(COc2ccc(C(C)=O)c(F)c2)c1. The summed E-state index contributed by atoms with van der Waals surface area (Å²) < 4.78 is 24.3. The Morgan fingerprint density at radius 1 is 1.24 bits per heavy atom. The first-order valence-electron chi connectivity index (χ1n) is 6.44. The number of hydrogen-bond donors (Lipinski definition) is 0. The number of ketones is 1. The van der Waals surface area contributed by atoms with Gasteiger partial charge in [-0.25, -0.2) is 4.39 Å². The third-order valence-corrected chi connectivity index (χ3v) is 2.92. The van der Waals surface area contributed by atoms with Gasteiger partial charge in [-0.3, -0.25) is 9.78 Å². The van der Waals surface area contributed by atoms with E-state index in [9.17, 15) is 9.18 Å². The van der Waals surface area contributed by atoms with Crippen molar-refractivity contribution in [1.29, 1.82) is 0 Å². The van der Waals surface area contributed by atoms with Gasteiger partial charge in [0.2, 0.25) is 0 Å². The largest absolute Gasteiger partial charge is 0.497 e. The quantitative estimate of drug-likeness (QED) is 0.792. The highest BCUT2D eigenvalue weighted by molar-refractivity contribution is 5.94. The molecule has 1 aromatic heterocycles. The van der Waals surface area contributed by atoms with Crippen LogP contribution in [-0.4, -0.2) is 17.9 Å². The zero-order valence-corrected chi connectivity index (χ0v) is 12.1. The maximum Gasteiger partial charge on any atom is 0.162 e. The highest BCUT2D eigenvalue weighted by Crippen LogP contribution is 2.19. The molecule has 4 nitrogen and oxygen atoms in total. The maximum atomic E-state index is 13.7. The Balaban J connectivity index is 2.11. The highest BCUT2D eigenvalue weighted by Gasteiger charge is 2.09. The van der Waals surface area contributed by atoms with Gasteiger partial charge in [-0.2, -0.15) is 0 Å². The molecule has 0 radical (unpaired) electrons. The van der Waals surface area contributed by atoms with Crippen molar-refractivity contribution in [1.82, 2.24) is 4.98 Å². The minimum absolute atomic E-state index is 0.0534. The second-order valence-corrected chi connectivity index (χ2v) is 4.63. The van der Waals surface area contributed by atoms with Crippen LogP contribution in [0.1, 0.15) is 28.7 Å². The van der Waals surface area contributed by atoms with E-state index in [1.54, 1.807) is 19.2 Å². The average molecular weight is 289 g/mol. The third-order valence-electron chi connectivity index (χ3n) is 2.92. The molecule has 110 valence electrons. The van der Waals surface area contributed by atoms with Crippen LogP contribution in [0.25, 0.3) is 0 Å². The second-order valence-electron chi connectivity index (χ2n) is 4.63. The summed E-state index contributed by atoms with van der Waals surface area (Å²) in [5.41, 5.74) is 1.55. The molecule has 0 spiro atoms. The summed E-state index contributed by atoms with van der Waals surface area (Å²) in [7, 11) is 1.58. The van der Waals surface area contributed by atoms with Gasteiger partial charge in [0.1, 0.15) is 23.9 Å². The normalized spacial score (nSPS) is 10.3. The monoisotopic (exact) mass is 289 g/mol. The van der Waals surface area contributed by atoms with Gasteiger partial charge in [-0.05, 0) is 26.0 Å². The Hall–Kier alpha value is -2.43. The number of Topliss-reactive ketones (excluding diaryl/α,β-unsaturated/α-hetero) is 1. The van der Waals surface area contributed by atoms with Crippen molar-refractivity contribution in [3.05, 3.63) is 53.1 Å². The number of pyridine rings is 1. The predicted molar refractivity (Wildman–Crippen MR) is 76.3 cm³/mol. The van der Waals surface area contributed by atoms with Gasteiger partial charge >= 0.3 is 0 Å². The number of nitrogens with zero attached hydrogens (tertiary/aromatic N) is 1. The molecule has 0 N–H and O–H groups in total. The molecule has 0 aliphatic rings. The summed E-state index contributed by atoms with van der Waals surface area (Å²) in [6, 6.07) is 7.74. The van der Waals surface area contributed by atoms with Crippen molar-refractivity contribution < 1.29 is 18.7 Å². The van der Waals surface area contributed by atoms with E-state index in [-0.39, 0.29) is 18.0 Å². The van der Waals surface area contributed by atoms with E-state index in [1.165, 1.54) is 19.1 Å². The lowest BCUT2D eigenvalue weighted by molar-refractivity contribution is 0.101. The molecule has 0 unspecified atom stereocenters. The Morgan fingerprint density at radius 3 is 2.62 bits per heavy atom. The summed E-state index contributed by atoms with van der Waals surface area (Å²) in [5, 5.41) is 0. The minimum Gasteiger partial charge on any atom is -0.497 e. The number of ether oxygens (including phenoxy) is 2. The van der Waals surface area contributed by atoms with E-state index in [2.05, 4.69) is 4.98 Å². The van der Waals surface area contributed by atoms with Crippen LogP contribution in [0.3, 0.4) is 0 Å². The Bertz CT molecular complexity index is 671. The number of carbonyl (C=O) groups excluding carboxylic acids is 1. The number of benzene rings is 1. The topological polar surface area (TPSA) is 48.4 Å². The van der Waals surface area contributed by atoms with Crippen LogP contribution in [0.4, 0.5) is 4.39 Å². The van der Waals surface area contributed by atoms with Crippen molar-refractivity contribution in [2.75, 3.05) is 7.11 Å². The zero-order chi connectivity index (χ0) is 15.4. The van der Waals surface area contributed by atoms with Crippen molar-refractivity contribution in [2.24, 2.45) is 0 Å². The van der Waals surface area contributed by atoms with Crippen LogP contribution in [0.5, 0.6) is 11.5 Å². The molecule has 0 saturated heterocycles. The molecule has 0 amide bonds. The molecule has 2 aromatic rings. The molecular weight excluding hydrogens is 273 g/mol. The van der Waals surface area contributed by atoms with Crippen molar-refractivity contribution in [3.8, 4) is 11.5 Å². The first kappa shape index (κ1) is 15.0. The molecule has 21 heavy (non-hydrogen) atoms. The summed E-state index contributed by atoms with van der Waals surface area (Å²) in [4.78, 5) is 15.5. The zero-order valence-electron chi connectivity index (χ0n) is 12.1. The van der Waals surface area contributed by atoms with Gasteiger partial charge in [0.15, 0.2) is 5.78 Å². The number of methoxy groups -OCH3 is 1. The predicted octanol–water partition coefficient (Wildman–Crippen LogP) is 3.32. The number of hydrogen-bond acceptors (Lipinski definition) is 4. The van der Waals surface area contributed by atoms with Gasteiger partial charge in [-0.15, -0.1) is 0 Å². The first-order chi connectivity index (χ1) is 9.99. The molecule has 0 fully saturated rings. The van der Waals surface area contributed by atoms with Gasteiger partial charge in [-0.1, -0.05) is 0 Å². The lowest BCUT2D eigenvalue weighted by Gasteiger charge is -2.09. The highest BCUT2D eigenvalue weighted by atomic mass is 19.1. The van der Waals surface area contributed by atoms with E-state index in [1.807, 2.05) is 13.0 Å². The molecule has 1 heterocycles. The molecule has 0 atom stereocenters. The van der Waals surface area contributed by atoms with Crippen molar-refractivity contribution >= 4 is 5.78 Å². The van der Waals surface area contributed by atoms with Crippen LogP contribution in [0.2, 0.25) is 0 Å². The summed E-state index contributed by atoms with van der Waals surface area (Å²) in [5.74, 6) is 0.137. The van der Waals surface area contributed by atoms with E-state index in [0.29, 0.717) is 17.2 Å². The lowest BCUT2D eigenvalue weighted by atomic mass is 10.1. The summed E-state index contributed by atoms with van der Waals surface area (Å²) >= 11 is 0. The van der Waals surface area contributed by atoms with Crippen molar-refractivity contribution in [2.45, 2.75) is 20.5 Å². The Labute approximate surface area is 122 Å². The second kappa shape index (κ2) is 6.35. The van der Waals surface area contributed by atoms with E-state index < -0.39 is 5.82 Å². The van der Waals surface area contributed by atoms with E-state index in [0.717, 1.165) is 5.69 Å². The Kier molecular flexibility index (Phi) is 4.52. The molecule has 0 aliphatic heterocycles. The van der Waals surface area contributed by atoms with Crippen molar-refractivity contribution in [3.63, 3.8) is 0 Å². The van der Waals surface area contributed by atoms with Crippen LogP contribution < -0.4 is 9.47 Å². The standard InChI is InChI=1S/C16H16FNO3/c1-10-6-14(20-3)7-12(18-10)9-21-13-4-5-15(11(2)19)16(17)8-13/h4-8H,9H2,1-3H3. The van der Waals surface area contributed by atoms with Crippen LogP contribution in [0.15, 0.2) is 30.3 Å². The maximum absolute atomic E-state index is 13.7. The third kappa shape index (κ3) is 3.78. The first-order valence-corrected chi connectivity index (χ1v) is 6.44. The molecule has 5 heteroatoms.